The molecule has 1 unspecified atom stereocenters. The maximum Gasteiger partial charge on any atom is 0.234 e. The molecular formula is C12H16FN3O. The molecule has 0 spiro atoms. The van der Waals surface area contributed by atoms with Gasteiger partial charge in [-0.25, -0.2) is 4.39 Å². The predicted molar refractivity (Wildman–Crippen MR) is 64.1 cm³/mol. The third kappa shape index (κ3) is 2.55. The number of amides is 1. The Balaban J connectivity index is 2.02. The lowest BCUT2D eigenvalue weighted by molar-refractivity contribution is -0.119. The summed E-state index contributed by atoms with van der Waals surface area (Å²) in [6.07, 6.45) is 1.40. The minimum atomic E-state index is -0.632. The molecule has 0 radical (unpaired) electrons. The standard InChI is InChI=1S/C12H16FN3O/c13-9-2-1-8-3-5-16(11(8)7-9)6-4-10(14)12(15)17/h1-2,7,10H,3-6,14H2,(H2,15,17). The van der Waals surface area contributed by atoms with E-state index in [4.69, 9.17) is 11.5 Å². The van der Waals surface area contributed by atoms with Gasteiger partial charge in [0.2, 0.25) is 5.91 Å². The molecule has 0 fully saturated rings. The second kappa shape index (κ2) is 4.71. The Labute approximate surface area is 99.4 Å². The van der Waals surface area contributed by atoms with E-state index in [-0.39, 0.29) is 5.82 Å². The van der Waals surface area contributed by atoms with Gasteiger partial charge in [-0.1, -0.05) is 6.07 Å². The van der Waals surface area contributed by atoms with E-state index in [0.717, 1.165) is 24.2 Å². The molecule has 0 saturated heterocycles. The Morgan fingerprint density at radius 3 is 3.00 bits per heavy atom. The number of nitrogens with zero attached hydrogens (tertiary/aromatic N) is 1. The van der Waals surface area contributed by atoms with E-state index < -0.39 is 11.9 Å². The number of halogens is 1. The summed E-state index contributed by atoms with van der Waals surface area (Å²) < 4.78 is 13.1. The zero-order valence-electron chi connectivity index (χ0n) is 9.53. The number of hydrogen-bond donors (Lipinski definition) is 2. The number of anilines is 1. The van der Waals surface area contributed by atoms with Crippen molar-refractivity contribution >= 4 is 11.6 Å². The number of primary amides is 1. The Morgan fingerprint density at radius 1 is 1.53 bits per heavy atom. The fraction of sp³-hybridized carbons (Fsp3) is 0.417. The third-order valence-electron chi connectivity index (χ3n) is 3.11. The van der Waals surface area contributed by atoms with E-state index >= 15 is 0 Å². The highest BCUT2D eigenvalue weighted by atomic mass is 19.1. The number of nitrogens with two attached hydrogens (primary N) is 2. The van der Waals surface area contributed by atoms with Gasteiger partial charge < -0.3 is 16.4 Å². The summed E-state index contributed by atoms with van der Waals surface area (Å²) >= 11 is 0. The Hall–Kier alpha value is -1.62. The average Bonchev–Trinajstić information content (AvgIpc) is 2.68. The Bertz CT molecular complexity index is 436. The molecule has 5 heteroatoms. The van der Waals surface area contributed by atoms with E-state index in [0.29, 0.717) is 13.0 Å². The van der Waals surface area contributed by atoms with Crippen molar-refractivity contribution in [2.45, 2.75) is 18.9 Å². The SMILES string of the molecule is NC(=O)C(N)CCN1CCc2ccc(F)cc21. The van der Waals surface area contributed by atoms with Crippen LogP contribution in [0.15, 0.2) is 18.2 Å². The van der Waals surface area contributed by atoms with Crippen LogP contribution in [0.4, 0.5) is 10.1 Å². The van der Waals surface area contributed by atoms with Crippen molar-refractivity contribution in [2.75, 3.05) is 18.0 Å². The van der Waals surface area contributed by atoms with Crippen LogP contribution >= 0.6 is 0 Å². The molecule has 2 rings (SSSR count). The lowest BCUT2D eigenvalue weighted by Gasteiger charge is -2.20. The van der Waals surface area contributed by atoms with Gasteiger partial charge in [0.15, 0.2) is 0 Å². The summed E-state index contributed by atoms with van der Waals surface area (Å²) in [7, 11) is 0. The summed E-state index contributed by atoms with van der Waals surface area (Å²) in [5.74, 6) is -0.737. The molecule has 1 aliphatic heterocycles. The van der Waals surface area contributed by atoms with Gasteiger partial charge in [-0.2, -0.15) is 0 Å². The maximum absolute atomic E-state index is 13.1. The molecule has 1 heterocycles. The first-order chi connectivity index (χ1) is 8.08. The normalized spacial score (nSPS) is 15.8. The number of benzene rings is 1. The highest BCUT2D eigenvalue weighted by molar-refractivity contribution is 5.79. The molecule has 1 atom stereocenters. The van der Waals surface area contributed by atoms with Crippen LogP contribution in [-0.2, 0) is 11.2 Å². The predicted octanol–water partition coefficient (Wildman–Crippen LogP) is 0.391. The fourth-order valence-corrected chi connectivity index (χ4v) is 2.09. The first kappa shape index (κ1) is 11.9. The summed E-state index contributed by atoms with van der Waals surface area (Å²) in [5.41, 5.74) is 12.7. The van der Waals surface area contributed by atoms with Crippen molar-refractivity contribution in [2.24, 2.45) is 11.5 Å². The van der Waals surface area contributed by atoms with Crippen LogP contribution < -0.4 is 16.4 Å². The van der Waals surface area contributed by atoms with Crippen molar-refractivity contribution in [1.29, 1.82) is 0 Å². The van der Waals surface area contributed by atoms with Gasteiger partial charge in [-0.05, 0) is 30.5 Å². The van der Waals surface area contributed by atoms with Crippen LogP contribution in [0.2, 0.25) is 0 Å². The second-order valence-electron chi connectivity index (χ2n) is 4.31. The van der Waals surface area contributed by atoms with Crippen LogP contribution in [0, 0.1) is 5.82 Å². The van der Waals surface area contributed by atoms with Crippen LogP contribution in [0.1, 0.15) is 12.0 Å². The third-order valence-corrected chi connectivity index (χ3v) is 3.11. The molecule has 92 valence electrons. The number of fused-ring (bicyclic) bond motifs is 1. The highest BCUT2D eigenvalue weighted by Crippen LogP contribution is 2.28. The molecule has 0 aromatic heterocycles. The lowest BCUT2D eigenvalue weighted by atomic mass is 10.1. The first-order valence-electron chi connectivity index (χ1n) is 5.66. The van der Waals surface area contributed by atoms with E-state index in [1.165, 1.54) is 12.1 Å². The minimum Gasteiger partial charge on any atom is -0.371 e. The zero-order valence-corrected chi connectivity index (χ0v) is 9.53. The van der Waals surface area contributed by atoms with Crippen LogP contribution in [0.3, 0.4) is 0 Å². The van der Waals surface area contributed by atoms with Gasteiger partial charge in [0.25, 0.3) is 0 Å². The number of carbonyl (C=O) groups is 1. The van der Waals surface area contributed by atoms with Crippen molar-refractivity contribution in [1.82, 2.24) is 0 Å². The number of hydrogen-bond acceptors (Lipinski definition) is 3. The molecule has 1 aromatic carbocycles. The van der Waals surface area contributed by atoms with Crippen molar-refractivity contribution in [3.05, 3.63) is 29.6 Å². The summed E-state index contributed by atoms with van der Waals surface area (Å²) in [4.78, 5) is 12.9. The van der Waals surface area contributed by atoms with Gasteiger partial charge >= 0.3 is 0 Å². The zero-order chi connectivity index (χ0) is 12.4. The second-order valence-corrected chi connectivity index (χ2v) is 4.31. The smallest absolute Gasteiger partial charge is 0.234 e. The largest absolute Gasteiger partial charge is 0.371 e. The van der Waals surface area contributed by atoms with Gasteiger partial charge in [-0.3, -0.25) is 4.79 Å². The molecule has 0 bridgehead atoms. The molecule has 1 aromatic rings. The molecule has 1 amide bonds. The van der Waals surface area contributed by atoms with Gasteiger partial charge in [0.1, 0.15) is 5.82 Å². The molecular weight excluding hydrogens is 221 g/mol. The highest BCUT2D eigenvalue weighted by Gasteiger charge is 2.20. The average molecular weight is 237 g/mol. The van der Waals surface area contributed by atoms with E-state index in [2.05, 4.69) is 0 Å². The quantitative estimate of drug-likeness (QED) is 0.795. The van der Waals surface area contributed by atoms with Crippen molar-refractivity contribution in [3.8, 4) is 0 Å². The van der Waals surface area contributed by atoms with Crippen LogP contribution in [0.5, 0.6) is 0 Å². The summed E-state index contributed by atoms with van der Waals surface area (Å²) in [6, 6.07) is 4.17. The van der Waals surface area contributed by atoms with Crippen LogP contribution in [0.25, 0.3) is 0 Å². The molecule has 0 saturated carbocycles. The van der Waals surface area contributed by atoms with E-state index in [9.17, 15) is 9.18 Å². The van der Waals surface area contributed by atoms with Crippen molar-refractivity contribution in [3.63, 3.8) is 0 Å². The maximum atomic E-state index is 13.1. The van der Waals surface area contributed by atoms with E-state index in [1.807, 2.05) is 4.90 Å². The summed E-state index contributed by atoms with van der Waals surface area (Å²) in [6.45, 7) is 1.46. The van der Waals surface area contributed by atoms with Gasteiger partial charge in [0.05, 0.1) is 6.04 Å². The topological polar surface area (TPSA) is 72.3 Å². The minimum absolute atomic E-state index is 0.241. The Morgan fingerprint density at radius 2 is 2.29 bits per heavy atom. The first-order valence-corrected chi connectivity index (χ1v) is 5.66. The van der Waals surface area contributed by atoms with E-state index in [1.54, 1.807) is 6.07 Å². The van der Waals surface area contributed by atoms with Crippen LogP contribution in [-0.4, -0.2) is 25.0 Å². The molecule has 4 N–H and O–H groups in total. The van der Waals surface area contributed by atoms with Gasteiger partial charge in [-0.15, -0.1) is 0 Å². The monoisotopic (exact) mass is 237 g/mol. The molecule has 1 aliphatic rings. The fourth-order valence-electron chi connectivity index (χ4n) is 2.09. The van der Waals surface area contributed by atoms with Gasteiger partial charge in [0, 0.05) is 18.8 Å². The lowest BCUT2D eigenvalue weighted by Crippen LogP contribution is -2.39. The number of rotatable bonds is 4. The molecule has 17 heavy (non-hydrogen) atoms. The Kier molecular flexibility index (Phi) is 3.28. The summed E-state index contributed by atoms with van der Waals surface area (Å²) in [5, 5.41) is 0. The molecule has 0 aliphatic carbocycles. The molecule has 4 nitrogen and oxygen atoms in total. The van der Waals surface area contributed by atoms with Crippen molar-refractivity contribution < 1.29 is 9.18 Å². The number of carbonyl (C=O) groups excluding carboxylic acids is 1.